The number of aliphatic hydroxyl groups excluding tert-OH is 1. The Morgan fingerprint density at radius 2 is 1.95 bits per heavy atom. The van der Waals surface area contributed by atoms with Crippen molar-refractivity contribution in [2.75, 3.05) is 36.5 Å². The number of hydrogen-bond donors (Lipinski definition) is 2. The minimum Gasteiger partial charge on any atom is -0.395 e. The number of rotatable bonds is 8. The molecular weight excluding hydrogens is 252 g/mol. The van der Waals surface area contributed by atoms with Gasteiger partial charge in [0.15, 0.2) is 0 Å². The fourth-order valence-corrected chi connectivity index (χ4v) is 2.04. The summed E-state index contributed by atoms with van der Waals surface area (Å²) in [6.07, 6.45) is 1.06. The van der Waals surface area contributed by atoms with Crippen LogP contribution >= 0.6 is 0 Å². The summed E-state index contributed by atoms with van der Waals surface area (Å²) in [5.41, 5.74) is 1.05. The van der Waals surface area contributed by atoms with E-state index >= 15 is 0 Å². The summed E-state index contributed by atoms with van der Waals surface area (Å²) in [5.74, 6) is 2.97. The number of anilines is 2. The average Bonchev–Trinajstić information content (AvgIpc) is 2.43. The van der Waals surface area contributed by atoms with Crippen molar-refractivity contribution in [2.24, 2.45) is 0 Å². The van der Waals surface area contributed by atoms with Crippen molar-refractivity contribution in [1.29, 1.82) is 0 Å². The fraction of sp³-hybridized carbons (Fsp3) is 0.733. The number of likely N-dealkylation sites (N-methyl/N-ethyl adjacent to an activating group) is 1. The number of nitrogens with zero attached hydrogens (tertiary/aromatic N) is 3. The first-order valence-corrected chi connectivity index (χ1v) is 7.53. The molecule has 0 saturated heterocycles. The second-order valence-electron chi connectivity index (χ2n) is 5.26. The third-order valence-corrected chi connectivity index (χ3v) is 3.25. The van der Waals surface area contributed by atoms with Crippen LogP contribution < -0.4 is 10.2 Å². The molecule has 1 heterocycles. The van der Waals surface area contributed by atoms with Crippen molar-refractivity contribution in [2.45, 2.75) is 47.0 Å². The van der Waals surface area contributed by atoms with Gasteiger partial charge in [0.25, 0.3) is 0 Å². The first-order valence-electron chi connectivity index (χ1n) is 7.53. The molecule has 1 rings (SSSR count). The quantitative estimate of drug-likeness (QED) is 0.766. The van der Waals surface area contributed by atoms with E-state index in [2.05, 4.69) is 42.9 Å². The van der Waals surface area contributed by atoms with E-state index in [-0.39, 0.29) is 12.5 Å². The molecule has 0 bridgehead atoms. The lowest BCUT2D eigenvalue weighted by Crippen LogP contribution is -2.29. The maximum absolute atomic E-state index is 9.21. The summed E-state index contributed by atoms with van der Waals surface area (Å²) in [6, 6.07) is 0. The molecule has 20 heavy (non-hydrogen) atoms. The number of aromatic nitrogens is 2. The third-order valence-electron chi connectivity index (χ3n) is 3.25. The highest BCUT2D eigenvalue weighted by atomic mass is 16.3. The van der Waals surface area contributed by atoms with E-state index < -0.39 is 0 Å². The molecule has 1 aromatic heterocycles. The molecule has 0 aromatic carbocycles. The summed E-state index contributed by atoms with van der Waals surface area (Å²) in [7, 11) is 0. The molecule has 2 N–H and O–H groups in total. The minimum absolute atomic E-state index is 0.131. The maximum Gasteiger partial charge on any atom is 0.137 e. The first kappa shape index (κ1) is 16.7. The lowest BCUT2D eigenvalue weighted by Gasteiger charge is -2.25. The molecule has 1 aromatic rings. The van der Waals surface area contributed by atoms with Gasteiger partial charge in [0, 0.05) is 31.1 Å². The van der Waals surface area contributed by atoms with Gasteiger partial charge in [-0.25, -0.2) is 9.97 Å². The highest BCUT2D eigenvalue weighted by Crippen LogP contribution is 2.26. The standard InChI is InChI=1S/C15H28N4O/c1-6-8-16-14-12(5)15(19(7-2)9-10-20)18-13(17-14)11(3)4/h11,20H,6-10H2,1-5H3,(H,16,17,18). The van der Waals surface area contributed by atoms with Gasteiger partial charge in [-0.15, -0.1) is 0 Å². The zero-order chi connectivity index (χ0) is 15.1. The molecule has 0 atom stereocenters. The van der Waals surface area contributed by atoms with Crippen LogP contribution in [0.3, 0.4) is 0 Å². The van der Waals surface area contributed by atoms with E-state index in [9.17, 15) is 5.11 Å². The Bertz CT molecular complexity index is 421. The van der Waals surface area contributed by atoms with E-state index in [1.807, 2.05) is 6.92 Å². The van der Waals surface area contributed by atoms with Crippen LogP contribution in [0.2, 0.25) is 0 Å². The Kier molecular flexibility index (Phi) is 6.71. The minimum atomic E-state index is 0.131. The van der Waals surface area contributed by atoms with Crippen molar-refractivity contribution in [3.8, 4) is 0 Å². The number of nitrogens with one attached hydrogen (secondary N) is 1. The Morgan fingerprint density at radius 1 is 1.25 bits per heavy atom. The van der Waals surface area contributed by atoms with Crippen LogP contribution in [0.25, 0.3) is 0 Å². The Balaban J connectivity index is 3.22. The second-order valence-corrected chi connectivity index (χ2v) is 5.26. The van der Waals surface area contributed by atoms with Gasteiger partial charge in [-0.05, 0) is 20.3 Å². The van der Waals surface area contributed by atoms with E-state index in [1.165, 1.54) is 0 Å². The van der Waals surface area contributed by atoms with Crippen molar-refractivity contribution in [3.05, 3.63) is 11.4 Å². The van der Waals surface area contributed by atoms with E-state index in [0.29, 0.717) is 6.54 Å². The molecule has 5 nitrogen and oxygen atoms in total. The molecular formula is C15H28N4O. The van der Waals surface area contributed by atoms with Crippen LogP contribution in [0.1, 0.15) is 51.4 Å². The predicted octanol–water partition coefficient (Wildman–Crippen LogP) is 2.55. The van der Waals surface area contributed by atoms with Crippen LogP contribution in [0.15, 0.2) is 0 Å². The van der Waals surface area contributed by atoms with Gasteiger partial charge in [0.05, 0.1) is 6.61 Å². The van der Waals surface area contributed by atoms with Gasteiger partial charge >= 0.3 is 0 Å². The molecule has 0 fully saturated rings. The zero-order valence-corrected chi connectivity index (χ0v) is 13.4. The second kappa shape index (κ2) is 8.04. The maximum atomic E-state index is 9.21. The molecule has 114 valence electrons. The third kappa shape index (κ3) is 4.07. The summed E-state index contributed by atoms with van der Waals surface area (Å²) in [4.78, 5) is 11.4. The summed E-state index contributed by atoms with van der Waals surface area (Å²) < 4.78 is 0. The molecule has 0 radical (unpaired) electrons. The van der Waals surface area contributed by atoms with E-state index in [4.69, 9.17) is 4.98 Å². The normalized spacial score (nSPS) is 10.9. The Hall–Kier alpha value is -1.36. The van der Waals surface area contributed by atoms with Crippen molar-refractivity contribution in [1.82, 2.24) is 9.97 Å². The van der Waals surface area contributed by atoms with Gasteiger partial charge in [-0.3, -0.25) is 0 Å². The van der Waals surface area contributed by atoms with Crippen LogP contribution in [0.4, 0.5) is 11.6 Å². The van der Waals surface area contributed by atoms with Crippen molar-refractivity contribution in [3.63, 3.8) is 0 Å². The van der Waals surface area contributed by atoms with E-state index in [1.54, 1.807) is 0 Å². The van der Waals surface area contributed by atoms with Gasteiger partial charge in [0.2, 0.25) is 0 Å². The van der Waals surface area contributed by atoms with Gasteiger partial charge < -0.3 is 15.3 Å². The van der Waals surface area contributed by atoms with E-state index in [0.717, 1.165) is 42.5 Å². The SMILES string of the molecule is CCCNc1nc(C(C)C)nc(N(CC)CCO)c1C. The molecule has 0 unspecified atom stereocenters. The average molecular weight is 280 g/mol. The number of aliphatic hydroxyl groups is 1. The molecule has 5 heteroatoms. The molecule has 0 saturated carbocycles. The first-order chi connectivity index (χ1) is 9.54. The number of hydrogen-bond acceptors (Lipinski definition) is 5. The monoisotopic (exact) mass is 280 g/mol. The smallest absolute Gasteiger partial charge is 0.137 e. The van der Waals surface area contributed by atoms with Gasteiger partial charge in [-0.2, -0.15) is 0 Å². The molecule has 0 aliphatic heterocycles. The zero-order valence-electron chi connectivity index (χ0n) is 13.4. The van der Waals surface area contributed by atoms with Crippen molar-refractivity contribution >= 4 is 11.6 Å². The molecule has 0 amide bonds. The highest BCUT2D eigenvalue weighted by Gasteiger charge is 2.16. The topological polar surface area (TPSA) is 61.3 Å². The van der Waals surface area contributed by atoms with Crippen LogP contribution in [-0.4, -0.2) is 41.3 Å². The predicted molar refractivity (Wildman–Crippen MR) is 84.6 cm³/mol. The largest absolute Gasteiger partial charge is 0.395 e. The Morgan fingerprint density at radius 3 is 2.45 bits per heavy atom. The van der Waals surface area contributed by atoms with Crippen LogP contribution in [0, 0.1) is 6.92 Å². The molecule has 0 aliphatic carbocycles. The lowest BCUT2D eigenvalue weighted by atomic mass is 10.2. The highest BCUT2D eigenvalue weighted by molar-refractivity contribution is 5.58. The lowest BCUT2D eigenvalue weighted by molar-refractivity contribution is 0.302. The molecule has 0 aliphatic rings. The summed E-state index contributed by atoms with van der Waals surface area (Å²) in [5, 5.41) is 12.6. The van der Waals surface area contributed by atoms with Crippen molar-refractivity contribution < 1.29 is 5.11 Å². The molecule has 0 spiro atoms. The Labute approximate surface area is 122 Å². The summed E-state index contributed by atoms with van der Waals surface area (Å²) in [6.45, 7) is 12.9. The van der Waals surface area contributed by atoms with Crippen LogP contribution in [0.5, 0.6) is 0 Å². The van der Waals surface area contributed by atoms with Crippen LogP contribution in [-0.2, 0) is 0 Å². The van der Waals surface area contributed by atoms with Gasteiger partial charge in [-0.1, -0.05) is 20.8 Å². The fourth-order valence-electron chi connectivity index (χ4n) is 2.04. The van der Waals surface area contributed by atoms with Gasteiger partial charge in [0.1, 0.15) is 17.5 Å². The summed E-state index contributed by atoms with van der Waals surface area (Å²) >= 11 is 0.